The number of carbonyl (C=O) groups is 1. The van der Waals surface area contributed by atoms with Gasteiger partial charge in [-0.25, -0.2) is 0 Å². The predicted molar refractivity (Wildman–Crippen MR) is 85.4 cm³/mol. The van der Waals surface area contributed by atoms with Gasteiger partial charge in [-0.3, -0.25) is 4.79 Å². The molecule has 2 rings (SSSR count). The summed E-state index contributed by atoms with van der Waals surface area (Å²) in [6.07, 6.45) is 5.13. The van der Waals surface area contributed by atoms with Crippen molar-refractivity contribution in [2.75, 3.05) is 0 Å². The molecule has 0 radical (unpaired) electrons. The number of hydrogen-bond acceptors (Lipinski definition) is 3. The normalized spacial score (nSPS) is 16.8. The van der Waals surface area contributed by atoms with Gasteiger partial charge in [0, 0.05) is 6.04 Å². The third-order valence-corrected chi connectivity index (χ3v) is 4.08. The van der Waals surface area contributed by atoms with Crippen molar-refractivity contribution >= 4 is 5.91 Å². The smallest absolute Gasteiger partial charge is 0.261 e. The van der Waals surface area contributed by atoms with Crippen molar-refractivity contribution < 1.29 is 9.53 Å². The number of nitriles is 1. The fraction of sp³-hybridized carbons (Fsp3) is 0.556. The SMILES string of the molecule is CC(C)C(Oc1ccccc1C#N)C(=O)NC1CCCCC1. The Kier molecular flexibility index (Phi) is 5.83. The molecule has 0 saturated heterocycles. The zero-order chi connectivity index (χ0) is 15.9. The molecule has 1 fully saturated rings. The van der Waals surface area contributed by atoms with Gasteiger partial charge in [-0.05, 0) is 30.9 Å². The standard InChI is InChI=1S/C18H24N2O2/c1-13(2)17(18(21)20-15-9-4-3-5-10-15)22-16-11-7-6-8-14(16)12-19/h6-8,11,13,15,17H,3-5,9-10H2,1-2H3,(H,20,21). The minimum absolute atomic E-state index is 0.0374. The highest BCUT2D eigenvalue weighted by Crippen LogP contribution is 2.22. The van der Waals surface area contributed by atoms with E-state index in [9.17, 15) is 4.79 Å². The molecule has 0 spiro atoms. The van der Waals surface area contributed by atoms with Gasteiger partial charge >= 0.3 is 0 Å². The molecule has 22 heavy (non-hydrogen) atoms. The molecule has 1 atom stereocenters. The van der Waals surface area contributed by atoms with Gasteiger partial charge in [0.2, 0.25) is 0 Å². The average Bonchev–Trinajstić information content (AvgIpc) is 2.53. The van der Waals surface area contributed by atoms with Crippen molar-refractivity contribution in [3.63, 3.8) is 0 Å². The van der Waals surface area contributed by atoms with Crippen LogP contribution in [0.2, 0.25) is 0 Å². The van der Waals surface area contributed by atoms with E-state index in [-0.39, 0.29) is 17.9 Å². The number of hydrogen-bond donors (Lipinski definition) is 1. The molecule has 1 unspecified atom stereocenters. The Labute approximate surface area is 132 Å². The average molecular weight is 300 g/mol. The molecule has 0 bridgehead atoms. The Bertz CT molecular complexity index is 542. The number of carbonyl (C=O) groups excluding carboxylic acids is 1. The number of amides is 1. The summed E-state index contributed by atoms with van der Waals surface area (Å²) in [6.45, 7) is 3.92. The van der Waals surface area contributed by atoms with Gasteiger partial charge < -0.3 is 10.1 Å². The van der Waals surface area contributed by atoms with Crippen LogP contribution in [0.25, 0.3) is 0 Å². The molecular formula is C18H24N2O2. The highest BCUT2D eigenvalue weighted by molar-refractivity contribution is 5.81. The van der Waals surface area contributed by atoms with Gasteiger partial charge in [0.05, 0.1) is 5.56 Å². The molecule has 118 valence electrons. The molecule has 1 aliphatic carbocycles. The minimum Gasteiger partial charge on any atom is -0.479 e. The molecule has 1 N–H and O–H groups in total. The first-order valence-electron chi connectivity index (χ1n) is 8.08. The van der Waals surface area contributed by atoms with Crippen LogP contribution in [0.4, 0.5) is 0 Å². The largest absolute Gasteiger partial charge is 0.479 e. The molecule has 1 aromatic rings. The third-order valence-electron chi connectivity index (χ3n) is 4.08. The monoisotopic (exact) mass is 300 g/mol. The van der Waals surface area contributed by atoms with E-state index in [1.54, 1.807) is 18.2 Å². The summed E-state index contributed by atoms with van der Waals surface area (Å²) in [5.41, 5.74) is 0.457. The first-order valence-corrected chi connectivity index (χ1v) is 8.08. The lowest BCUT2D eigenvalue weighted by Crippen LogP contribution is -2.46. The molecule has 4 nitrogen and oxygen atoms in total. The maximum Gasteiger partial charge on any atom is 0.261 e. The van der Waals surface area contributed by atoms with E-state index in [1.807, 2.05) is 19.9 Å². The van der Waals surface area contributed by atoms with Crippen LogP contribution in [0.15, 0.2) is 24.3 Å². The predicted octanol–water partition coefficient (Wildman–Crippen LogP) is 3.41. The lowest BCUT2D eigenvalue weighted by molar-refractivity contribution is -0.130. The third kappa shape index (κ3) is 4.24. The van der Waals surface area contributed by atoms with Crippen LogP contribution in [-0.2, 0) is 4.79 Å². The van der Waals surface area contributed by atoms with Crippen LogP contribution in [0.5, 0.6) is 5.75 Å². The maximum absolute atomic E-state index is 12.5. The van der Waals surface area contributed by atoms with Crippen molar-refractivity contribution in [2.45, 2.75) is 58.1 Å². The molecule has 4 heteroatoms. The molecular weight excluding hydrogens is 276 g/mol. The quantitative estimate of drug-likeness (QED) is 0.906. The van der Waals surface area contributed by atoms with Gasteiger partial charge in [-0.15, -0.1) is 0 Å². The first-order chi connectivity index (χ1) is 10.6. The van der Waals surface area contributed by atoms with E-state index in [0.717, 1.165) is 12.8 Å². The lowest BCUT2D eigenvalue weighted by Gasteiger charge is -2.27. The highest BCUT2D eigenvalue weighted by Gasteiger charge is 2.27. The Balaban J connectivity index is 2.05. The van der Waals surface area contributed by atoms with E-state index in [2.05, 4.69) is 11.4 Å². The van der Waals surface area contributed by atoms with Crippen molar-refractivity contribution in [3.8, 4) is 11.8 Å². The number of benzene rings is 1. The summed E-state index contributed by atoms with van der Waals surface area (Å²) >= 11 is 0. The summed E-state index contributed by atoms with van der Waals surface area (Å²) < 4.78 is 5.87. The number of nitrogens with one attached hydrogen (secondary N) is 1. The molecule has 0 aromatic heterocycles. The summed E-state index contributed by atoms with van der Waals surface area (Å²) in [4.78, 5) is 12.5. The summed E-state index contributed by atoms with van der Waals surface area (Å²) in [5, 5.41) is 12.3. The second-order valence-corrected chi connectivity index (χ2v) is 6.23. The van der Waals surface area contributed by atoms with Gasteiger partial charge in [0.15, 0.2) is 6.10 Å². The second-order valence-electron chi connectivity index (χ2n) is 6.23. The van der Waals surface area contributed by atoms with Gasteiger partial charge in [-0.2, -0.15) is 5.26 Å². The maximum atomic E-state index is 12.5. The van der Waals surface area contributed by atoms with Gasteiger partial charge in [0.1, 0.15) is 11.8 Å². The van der Waals surface area contributed by atoms with E-state index < -0.39 is 6.10 Å². The van der Waals surface area contributed by atoms with Crippen LogP contribution in [0.3, 0.4) is 0 Å². The van der Waals surface area contributed by atoms with Gasteiger partial charge in [0.25, 0.3) is 5.91 Å². The van der Waals surface area contributed by atoms with Crippen LogP contribution < -0.4 is 10.1 Å². The summed E-state index contributed by atoms with van der Waals surface area (Å²) in [5.74, 6) is 0.437. The Morgan fingerprint density at radius 2 is 1.95 bits per heavy atom. The van der Waals surface area contributed by atoms with Crippen molar-refractivity contribution in [1.29, 1.82) is 5.26 Å². The molecule has 1 amide bonds. The number of nitrogens with zero attached hydrogens (tertiary/aromatic N) is 1. The summed E-state index contributed by atoms with van der Waals surface area (Å²) in [6, 6.07) is 9.40. The zero-order valence-electron chi connectivity index (χ0n) is 13.3. The van der Waals surface area contributed by atoms with Crippen LogP contribution in [0, 0.1) is 17.2 Å². The molecule has 1 aliphatic rings. The van der Waals surface area contributed by atoms with Crippen molar-refractivity contribution in [1.82, 2.24) is 5.32 Å². The fourth-order valence-electron chi connectivity index (χ4n) is 2.82. The molecule has 1 saturated carbocycles. The highest BCUT2D eigenvalue weighted by atomic mass is 16.5. The minimum atomic E-state index is -0.573. The van der Waals surface area contributed by atoms with Crippen molar-refractivity contribution in [3.05, 3.63) is 29.8 Å². The van der Waals surface area contributed by atoms with E-state index in [0.29, 0.717) is 11.3 Å². The van der Waals surface area contributed by atoms with E-state index in [1.165, 1.54) is 19.3 Å². The van der Waals surface area contributed by atoms with Gasteiger partial charge in [-0.1, -0.05) is 45.2 Å². The topological polar surface area (TPSA) is 62.1 Å². The molecule has 0 aliphatic heterocycles. The van der Waals surface area contributed by atoms with Crippen LogP contribution in [-0.4, -0.2) is 18.1 Å². The number of rotatable bonds is 5. The lowest BCUT2D eigenvalue weighted by atomic mass is 9.95. The Morgan fingerprint density at radius 1 is 1.27 bits per heavy atom. The summed E-state index contributed by atoms with van der Waals surface area (Å²) in [7, 11) is 0. The zero-order valence-corrected chi connectivity index (χ0v) is 13.3. The Morgan fingerprint density at radius 3 is 2.59 bits per heavy atom. The number of ether oxygens (including phenoxy) is 1. The van der Waals surface area contributed by atoms with Crippen molar-refractivity contribution in [2.24, 2.45) is 5.92 Å². The molecule has 0 heterocycles. The second kappa shape index (κ2) is 7.84. The van der Waals surface area contributed by atoms with E-state index in [4.69, 9.17) is 10.00 Å². The fourth-order valence-corrected chi connectivity index (χ4v) is 2.82. The van der Waals surface area contributed by atoms with Crippen LogP contribution >= 0.6 is 0 Å². The first kappa shape index (κ1) is 16.4. The molecule has 1 aromatic carbocycles. The Hall–Kier alpha value is -2.02. The van der Waals surface area contributed by atoms with Crippen LogP contribution in [0.1, 0.15) is 51.5 Å². The number of para-hydroxylation sites is 1. The van der Waals surface area contributed by atoms with E-state index >= 15 is 0 Å².